The van der Waals surface area contributed by atoms with E-state index in [0.717, 1.165) is 18.4 Å². The molecule has 1 aliphatic carbocycles. The summed E-state index contributed by atoms with van der Waals surface area (Å²) in [5.74, 6) is -0.659. The van der Waals surface area contributed by atoms with Gasteiger partial charge in [0.15, 0.2) is 6.04 Å². The van der Waals surface area contributed by atoms with Crippen molar-refractivity contribution in [1.82, 2.24) is 0 Å². The number of nitrogens with two attached hydrogens (primary N) is 1. The van der Waals surface area contributed by atoms with Gasteiger partial charge in [-0.15, -0.1) is 0 Å². The van der Waals surface area contributed by atoms with Crippen LogP contribution in [0.25, 0.3) is 22.1 Å². The van der Waals surface area contributed by atoms with Gasteiger partial charge < -0.3 is 15.3 Å². The van der Waals surface area contributed by atoms with Gasteiger partial charge in [-0.25, -0.2) is 13.7 Å². The molecule has 0 aliphatic heterocycles. The Labute approximate surface area is 179 Å². The molecule has 7 heteroatoms. The lowest BCUT2D eigenvalue weighted by Gasteiger charge is -2.32. The van der Waals surface area contributed by atoms with Crippen LogP contribution in [0, 0.1) is 12.7 Å². The Bertz CT molecular complexity index is 1190. The normalized spacial score (nSPS) is 15.3. The lowest BCUT2D eigenvalue weighted by atomic mass is 9.98. The van der Waals surface area contributed by atoms with Gasteiger partial charge >= 0.3 is 5.91 Å². The summed E-state index contributed by atoms with van der Waals surface area (Å²) in [6, 6.07) is 9.40. The first kappa shape index (κ1) is 21.2. The lowest BCUT2D eigenvalue weighted by molar-refractivity contribution is -0.825. The summed E-state index contributed by atoms with van der Waals surface area (Å²) in [5.41, 5.74) is 8.26. The summed E-state index contributed by atoms with van der Waals surface area (Å²) in [4.78, 5) is 25.2. The fourth-order valence-electron chi connectivity index (χ4n) is 4.13. The fourth-order valence-corrected chi connectivity index (χ4v) is 4.13. The summed E-state index contributed by atoms with van der Waals surface area (Å²) in [6.07, 6.45) is 2.19. The minimum absolute atomic E-state index is 0.288. The molecule has 3 aromatic rings. The largest absolute Gasteiger partial charge is 0.460 e. The summed E-state index contributed by atoms with van der Waals surface area (Å²) >= 11 is 0. The zero-order valence-electron chi connectivity index (χ0n) is 17.8. The number of amides is 2. The van der Waals surface area contributed by atoms with E-state index in [-0.39, 0.29) is 11.4 Å². The van der Waals surface area contributed by atoms with Crippen molar-refractivity contribution in [3.8, 4) is 11.1 Å². The highest BCUT2D eigenvalue weighted by atomic mass is 19.1. The Kier molecular flexibility index (Phi) is 5.19. The molecule has 2 aromatic carbocycles. The number of carbonyl (C=O) groups is 2. The highest BCUT2D eigenvalue weighted by Crippen LogP contribution is 2.41. The SMILES string of the molecule is Cc1oc2ccc(-c3ccc(C4CC4)cc3F)cc2c1C(=O)[N+](C)(C)C(CO)C(N)=O. The number of quaternary nitrogens is 1. The van der Waals surface area contributed by atoms with Crippen molar-refractivity contribution in [2.75, 3.05) is 20.7 Å². The standard InChI is InChI=1S/C24H25FN2O4/c1-13-22(24(30)27(2,3)20(12-28)23(26)29)18-10-16(7-9-21(18)31-13)17-8-6-15(11-19(17)25)14-4-5-14/h6-11,14,20,28H,4-5,12H2,1-3H3,(H-,26,29)/p+1. The fraction of sp³-hybridized carbons (Fsp3) is 0.333. The molecule has 2 amide bonds. The Morgan fingerprint density at radius 1 is 1.23 bits per heavy atom. The summed E-state index contributed by atoms with van der Waals surface area (Å²) in [7, 11) is 3.04. The molecule has 162 valence electrons. The van der Waals surface area contributed by atoms with E-state index in [1.54, 1.807) is 37.3 Å². The third-order valence-electron chi connectivity index (χ3n) is 6.23. The van der Waals surface area contributed by atoms with Crippen LogP contribution in [0.3, 0.4) is 0 Å². The Morgan fingerprint density at radius 2 is 1.94 bits per heavy atom. The second-order valence-corrected chi connectivity index (χ2v) is 8.70. The zero-order chi connectivity index (χ0) is 22.5. The van der Waals surface area contributed by atoms with E-state index < -0.39 is 28.9 Å². The van der Waals surface area contributed by atoms with Gasteiger partial charge in [0.2, 0.25) is 0 Å². The first-order valence-corrected chi connectivity index (χ1v) is 10.3. The van der Waals surface area contributed by atoms with Gasteiger partial charge in [0.05, 0.1) is 14.1 Å². The van der Waals surface area contributed by atoms with E-state index in [0.29, 0.717) is 33.8 Å². The minimum Gasteiger partial charge on any atom is -0.460 e. The molecule has 31 heavy (non-hydrogen) atoms. The summed E-state index contributed by atoms with van der Waals surface area (Å²) in [5, 5.41) is 10.1. The predicted octanol–water partition coefficient (Wildman–Crippen LogP) is 3.49. The predicted molar refractivity (Wildman–Crippen MR) is 115 cm³/mol. The van der Waals surface area contributed by atoms with E-state index in [4.69, 9.17) is 10.2 Å². The van der Waals surface area contributed by atoms with Crippen molar-refractivity contribution in [2.45, 2.75) is 31.7 Å². The van der Waals surface area contributed by atoms with Crippen LogP contribution in [0.1, 0.15) is 40.4 Å². The Morgan fingerprint density at radius 3 is 2.52 bits per heavy atom. The monoisotopic (exact) mass is 425 g/mol. The smallest absolute Gasteiger partial charge is 0.350 e. The molecule has 0 saturated heterocycles. The first-order valence-electron chi connectivity index (χ1n) is 10.3. The molecule has 6 nitrogen and oxygen atoms in total. The van der Waals surface area contributed by atoms with Gasteiger partial charge in [0, 0.05) is 10.9 Å². The average molecular weight is 425 g/mol. The maximum atomic E-state index is 14.8. The number of likely N-dealkylation sites (N-methyl/N-ethyl adjacent to an activating group) is 1. The van der Waals surface area contributed by atoms with Gasteiger partial charge in [0.1, 0.15) is 29.3 Å². The number of furan rings is 1. The molecule has 1 heterocycles. The minimum atomic E-state index is -1.10. The zero-order valence-corrected chi connectivity index (χ0v) is 17.8. The van der Waals surface area contributed by atoms with Crippen molar-refractivity contribution in [1.29, 1.82) is 0 Å². The van der Waals surface area contributed by atoms with Crippen molar-refractivity contribution < 1.29 is 28.0 Å². The number of halogens is 1. The number of hydrogen-bond acceptors (Lipinski definition) is 4. The topological polar surface area (TPSA) is 93.5 Å². The molecule has 4 rings (SSSR count). The van der Waals surface area contributed by atoms with Crippen LogP contribution in [-0.4, -0.2) is 48.1 Å². The van der Waals surface area contributed by atoms with Crippen LogP contribution >= 0.6 is 0 Å². The van der Waals surface area contributed by atoms with E-state index in [1.165, 1.54) is 14.1 Å². The molecule has 1 atom stereocenters. The molecule has 0 spiro atoms. The van der Waals surface area contributed by atoms with Gasteiger partial charge in [0.25, 0.3) is 5.91 Å². The molecule has 1 unspecified atom stereocenters. The van der Waals surface area contributed by atoms with Gasteiger partial charge in [-0.1, -0.05) is 18.2 Å². The van der Waals surface area contributed by atoms with Crippen LogP contribution in [0.4, 0.5) is 4.39 Å². The van der Waals surface area contributed by atoms with E-state index in [9.17, 15) is 19.1 Å². The number of rotatable bonds is 6. The highest BCUT2D eigenvalue weighted by Gasteiger charge is 2.42. The molecule has 1 aromatic heterocycles. The summed E-state index contributed by atoms with van der Waals surface area (Å²) < 4.78 is 20.1. The average Bonchev–Trinajstić information content (AvgIpc) is 3.49. The number of nitrogens with zero attached hydrogens (tertiary/aromatic N) is 1. The Balaban J connectivity index is 1.80. The van der Waals surface area contributed by atoms with Crippen molar-refractivity contribution in [3.05, 3.63) is 59.1 Å². The number of aliphatic hydroxyl groups is 1. The van der Waals surface area contributed by atoms with Crippen LogP contribution in [-0.2, 0) is 4.79 Å². The van der Waals surface area contributed by atoms with E-state index >= 15 is 0 Å². The molecular formula is C24H26FN2O4+. The van der Waals surface area contributed by atoms with Gasteiger partial charge in [-0.2, -0.15) is 0 Å². The quantitative estimate of drug-likeness (QED) is 0.591. The first-order chi connectivity index (χ1) is 14.6. The second-order valence-electron chi connectivity index (χ2n) is 8.70. The van der Waals surface area contributed by atoms with E-state index in [2.05, 4.69) is 0 Å². The second kappa shape index (κ2) is 7.59. The van der Waals surface area contributed by atoms with Crippen LogP contribution in [0.15, 0.2) is 40.8 Å². The molecule has 3 N–H and O–H groups in total. The maximum absolute atomic E-state index is 14.8. The molecule has 0 bridgehead atoms. The van der Waals surface area contributed by atoms with Gasteiger partial charge in [-0.3, -0.25) is 4.79 Å². The van der Waals surface area contributed by atoms with Gasteiger partial charge in [-0.05, 0) is 55.0 Å². The number of aryl methyl sites for hydroxylation is 1. The summed E-state index contributed by atoms with van der Waals surface area (Å²) in [6.45, 7) is 1.10. The van der Waals surface area contributed by atoms with Crippen LogP contribution < -0.4 is 5.73 Å². The molecular weight excluding hydrogens is 399 g/mol. The number of hydrogen-bond donors (Lipinski definition) is 2. The molecule has 0 radical (unpaired) electrons. The number of fused-ring (bicyclic) bond motifs is 1. The third-order valence-corrected chi connectivity index (χ3v) is 6.23. The van der Waals surface area contributed by atoms with Crippen molar-refractivity contribution in [2.24, 2.45) is 5.73 Å². The maximum Gasteiger partial charge on any atom is 0.350 e. The lowest BCUT2D eigenvalue weighted by Crippen LogP contribution is -2.60. The molecule has 1 fully saturated rings. The van der Waals surface area contributed by atoms with E-state index in [1.807, 2.05) is 6.07 Å². The van der Waals surface area contributed by atoms with Crippen LogP contribution in [0.5, 0.6) is 0 Å². The molecule has 1 saturated carbocycles. The van der Waals surface area contributed by atoms with Crippen LogP contribution in [0.2, 0.25) is 0 Å². The van der Waals surface area contributed by atoms with Crippen molar-refractivity contribution >= 4 is 22.8 Å². The number of aliphatic hydroxyl groups excluding tert-OH is 1. The Hall–Kier alpha value is -3.03. The van der Waals surface area contributed by atoms with Crippen molar-refractivity contribution in [3.63, 3.8) is 0 Å². The number of benzene rings is 2. The molecule has 1 aliphatic rings. The number of primary amides is 1. The number of carbonyl (C=O) groups excluding carboxylic acids is 2. The highest BCUT2D eigenvalue weighted by molar-refractivity contribution is 6.05. The third kappa shape index (κ3) is 3.64.